The monoisotopic (exact) mass is 349 g/mol. The minimum Gasteiger partial charge on any atom is -0.352 e. The van der Waals surface area contributed by atoms with E-state index in [-0.39, 0.29) is 24.1 Å². The van der Waals surface area contributed by atoms with E-state index < -0.39 is 11.6 Å². The molecule has 0 radical (unpaired) electrons. The maximum absolute atomic E-state index is 13.8. The van der Waals surface area contributed by atoms with Gasteiger partial charge in [0.15, 0.2) is 0 Å². The van der Waals surface area contributed by atoms with Gasteiger partial charge in [0.2, 0.25) is 5.91 Å². The van der Waals surface area contributed by atoms with Crippen molar-refractivity contribution in [3.05, 3.63) is 47.5 Å². The number of rotatable bonds is 6. The van der Waals surface area contributed by atoms with Crippen LogP contribution in [0.3, 0.4) is 0 Å². The Morgan fingerprint density at radius 2 is 2.16 bits per heavy atom. The van der Waals surface area contributed by atoms with Crippen LogP contribution < -0.4 is 5.32 Å². The molecule has 1 atom stereocenters. The van der Waals surface area contributed by atoms with Crippen LogP contribution in [0, 0.1) is 11.6 Å². The van der Waals surface area contributed by atoms with Crippen LogP contribution in [0.2, 0.25) is 0 Å². The van der Waals surface area contributed by atoms with E-state index in [9.17, 15) is 13.6 Å². The molecular formula is C17H21F2N5O. The average molecular weight is 349 g/mol. The molecule has 0 spiro atoms. The fourth-order valence-electron chi connectivity index (χ4n) is 3.11. The number of piperidine rings is 1. The Bertz CT molecular complexity index is 687. The quantitative estimate of drug-likeness (QED) is 0.834. The number of amides is 1. The fraction of sp³-hybridized carbons (Fsp3) is 0.471. The van der Waals surface area contributed by atoms with Crippen molar-refractivity contribution < 1.29 is 13.6 Å². The topological polar surface area (TPSA) is 73.9 Å². The first-order valence-corrected chi connectivity index (χ1v) is 8.40. The minimum atomic E-state index is -0.529. The van der Waals surface area contributed by atoms with E-state index in [1.54, 1.807) is 0 Å². The van der Waals surface area contributed by atoms with E-state index in [0.29, 0.717) is 25.2 Å². The minimum absolute atomic E-state index is 0.00851. The van der Waals surface area contributed by atoms with Crippen molar-refractivity contribution in [2.75, 3.05) is 13.1 Å². The third-order valence-electron chi connectivity index (χ3n) is 4.37. The summed E-state index contributed by atoms with van der Waals surface area (Å²) in [5.41, 5.74) is 0.0831. The zero-order chi connectivity index (χ0) is 17.6. The zero-order valence-electron chi connectivity index (χ0n) is 13.8. The Labute approximate surface area is 144 Å². The van der Waals surface area contributed by atoms with Gasteiger partial charge in [-0.05, 0) is 31.5 Å². The number of nitrogens with zero attached hydrogens (tertiary/aromatic N) is 3. The van der Waals surface area contributed by atoms with Crippen molar-refractivity contribution in [2.24, 2.45) is 0 Å². The van der Waals surface area contributed by atoms with Crippen molar-refractivity contribution in [2.45, 2.75) is 38.3 Å². The summed E-state index contributed by atoms with van der Waals surface area (Å²) in [7, 11) is 0. The number of aryl methyl sites for hydroxylation is 1. The van der Waals surface area contributed by atoms with E-state index in [4.69, 9.17) is 0 Å². The van der Waals surface area contributed by atoms with Crippen LogP contribution in [-0.2, 0) is 17.8 Å². The normalized spacial score (nSPS) is 18.2. The first-order chi connectivity index (χ1) is 12.1. The molecule has 2 aromatic rings. The Hall–Kier alpha value is -2.35. The van der Waals surface area contributed by atoms with Crippen molar-refractivity contribution in [3.63, 3.8) is 0 Å². The SMILES string of the molecule is O=C(CCc1ncn[nH]1)NC1CCCN(Cc2c(F)cccc2F)C1. The second-order valence-electron chi connectivity index (χ2n) is 6.27. The summed E-state index contributed by atoms with van der Waals surface area (Å²) < 4.78 is 27.6. The van der Waals surface area contributed by atoms with Crippen molar-refractivity contribution in [1.29, 1.82) is 0 Å². The van der Waals surface area contributed by atoms with Gasteiger partial charge in [-0.15, -0.1) is 0 Å². The molecule has 1 fully saturated rings. The Kier molecular flexibility index (Phi) is 5.70. The molecule has 1 aromatic heterocycles. The van der Waals surface area contributed by atoms with Crippen LogP contribution in [0.1, 0.15) is 30.7 Å². The maximum Gasteiger partial charge on any atom is 0.220 e. The van der Waals surface area contributed by atoms with Gasteiger partial charge in [0, 0.05) is 37.5 Å². The van der Waals surface area contributed by atoms with Crippen LogP contribution in [0.5, 0.6) is 0 Å². The number of carbonyl (C=O) groups is 1. The molecule has 6 nitrogen and oxygen atoms in total. The number of aromatic nitrogens is 3. The highest BCUT2D eigenvalue weighted by molar-refractivity contribution is 5.76. The molecule has 1 aromatic carbocycles. The molecule has 0 saturated carbocycles. The maximum atomic E-state index is 13.8. The van der Waals surface area contributed by atoms with Gasteiger partial charge in [-0.3, -0.25) is 14.8 Å². The molecule has 1 aliphatic heterocycles. The lowest BCUT2D eigenvalue weighted by atomic mass is 10.0. The highest BCUT2D eigenvalue weighted by Crippen LogP contribution is 2.18. The van der Waals surface area contributed by atoms with Crippen LogP contribution in [0.25, 0.3) is 0 Å². The van der Waals surface area contributed by atoms with Gasteiger partial charge in [0.25, 0.3) is 0 Å². The molecule has 8 heteroatoms. The first kappa shape index (κ1) is 17.5. The number of halogens is 2. The van der Waals surface area contributed by atoms with Crippen molar-refractivity contribution in [3.8, 4) is 0 Å². The van der Waals surface area contributed by atoms with E-state index in [2.05, 4.69) is 20.5 Å². The first-order valence-electron chi connectivity index (χ1n) is 8.40. The number of carbonyl (C=O) groups excluding carboxylic acids is 1. The molecule has 1 amide bonds. The van der Waals surface area contributed by atoms with Gasteiger partial charge >= 0.3 is 0 Å². The van der Waals surface area contributed by atoms with E-state index in [0.717, 1.165) is 19.4 Å². The molecule has 0 aliphatic carbocycles. The predicted octanol–water partition coefficient (Wildman–Crippen LogP) is 1.80. The number of benzene rings is 1. The molecular weight excluding hydrogens is 328 g/mol. The van der Waals surface area contributed by atoms with Crippen molar-refractivity contribution in [1.82, 2.24) is 25.4 Å². The largest absolute Gasteiger partial charge is 0.352 e. The number of hydrogen-bond acceptors (Lipinski definition) is 4. The van der Waals surface area contributed by atoms with Crippen LogP contribution in [0.15, 0.2) is 24.5 Å². The zero-order valence-corrected chi connectivity index (χ0v) is 13.8. The van der Waals surface area contributed by atoms with Crippen LogP contribution in [-0.4, -0.2) is 45.1 Å². The summed E-state index contributed by atoms with van der Waals surface area (Å²) in [5, 5.41) is 9.46. The summed E-state index contributed by atoms with van der Waals surface area (Å²) in [4.78, 5) is 18.0. The van der Waals surface area contributed by atoms with Gasteiger partial charge < -0.3 is 5.32 Å². The predicted molar refractivity (Wildman–Crippen MR) is 87.5 cm³/mol. The Balaban J connectivity index is 1.50. The third-order valence-corrected chi connectivity index (χ3v) is 4.37. The summed E-state index contributed by atoms with van der Waals surface area (Å²) in [6.07, 6.45) is 3.98. The summed E-state index contributed by atoms with van der Waals surface area (Å²) in [5.74, 6) is -0.438. The van der Waals surface area contributed by atoms with Gasteiger partial charge in [-0.1, -0.05) is 6.07 Å². The van der Waals surface area contributed by atoms with E-state index in [1.807, 2.05) is 4.90 Å². The molecule has 0 bridgehead atoms. The van der Waals surface area contributed by atoms with E-state index in [1.165, 1.54) is 24.5 Å². The lowest BCUT2D eigenvalue weighted by Crippen LogP contribution is -2.47. The van der Waals surface area contributed by atoms with Crippen LogP contribution >= 0.6 is 0 Å². The number of aromatic amines is 1. The molecule has 1 saturated heterocycles. The highest BCUT2D eigenvalue weighted by Gasteiger charge is 2.23. The second-order valence-corrected chi connectivity index (χ2v) is 6.27. The molecule has 2 heterocycles. The second kappa shape index (κ2) is 8.15. The van der Waals surface area contributed by atoms with Crippen molar-refractivity contribution >= 4 is 5.91 Å². The van der Waals surface area contributed by atoms with Crippen LogP contribution in [0.4, 0.5) is 8.78 Å². The molecule has 1 aliphatic rings. The number of nitrogens with one attached hydrogen (secondary N) is 2. The summed E-state index contributed by atoms with van der Waals surface area (Å²) in [6.45, 7) is 1.56. The smallest absolute Gasteiger partial charge is 0.220 e. The number of H-pyrrole nitrogens is 1. The highest BCUT2D eigenvalue weighted by atomic mass is 19.1. The molecule has 25 heavy (non-hydrogen) atoms. The summed E-state index contributed by atoms with van der Waals surface area (Å²) >= 11 is 0. The van der Waals surface area contributed by atoms with Gasteiger partial charge in [-0.25, -0.2) is 13.8 Å². The Morgan fingerprint density at radius 1 is 1.36 bits per heavy atom. The molecule has 134 valence electrons. The summed E-state index contributed by atoms with van der Waals surface area (Å²) in [6, 6.07) is 3.89. The average Bonchev–Trinajstić information content (AvgIpc) is 3.10. The Morgan fingerprint density at radius 3 is 2.88 bits per heavy atom. The lowest BCUT2D eigenvalue weighted by Gasteiger charge is -2.33. The van der Waals surface area contributed by atoms with Gasteiger partial charge in [0.1, 0.15) is 23.8 Å². The third kappa shape index (κ3) is 4.82. The molecule has 2 N–H and O–H groups in total. The number of hydrogen-bond donors (Lipinski definition) is 2. The molecule has 1 unspecified atom stereocenters. The fourth-order valence-corrected chi connectivity index (χ4v) is 3.11. The number of likely N-dealkylation sites (tertiary alicyclic amines) is 1. The standard InChI is InChI=1S/C17H21F2N5O/c18-14-4-1-5-15(19)13(14)10-24-8-2-3-12(9-24)22-17(25)7-6-16-20-11-21-23-16/h1,4-5,11-12H,2-3,6-10H2,(H,22,25)(H,20,21,23). The molecule has 3 rings (SSSR count). The lowest BCUT2D eigenvalue weighted by molar-refractivity contribution is -0.122. The van der Waals surface area contributed by atoms with Gasteiger partial charge in [-0.2, -0.15) is 5.10 Å². The van der Waals surface area contributed by atoms with E-state index >= 15 is 0 Å². The van der Waals surface area contributed by atoms with Gasteiger partial charge in [0.05, 0.1) is 0 Å².